The Kier molecular flexibility index (Phi) is 7.24. The van der Waals surface area contributed by atoms with Crippen molar-refractivity contribution >= 4 is 5.97 Å². The van der Waals surface area contributed by atoms with Crippen molar-refractivity contribution < 1.29 is 9.53 Å². The largest absolute Gasteiger partial charge is 0.462 e. The normalized spacial score (nSPS) is 41.6. The molecule has 33 heavy (non-hydrogen) atoms. The first-order valence-electron chi connectivity index (χ1n) is 14.1. The third-order valence-electron chi connectivity index (χ3n) is 11.2. The van der Waals surface area contributed by atoms with E-state index >= 15 is 0 Å². The summed E-state index contributed by atoms with van der Waals surface area (Å²) in [6, 6.07) is 0. The van der Waals surface area contributed by atoms with Gasteiger partial charge in [-0.3, -0.25) is 4.79 Å². The van der Waals surface area contributed by atoms with Gasteiger partial charge in [-0.15, -0.1) is 0 Å². The first-order valence-corrected chi connectivity index (χ1v) is 14.1. The molecule has 4 rings (SSSR count). The van der Waals surface area contributed by atoms with Crippen molar-refractivity contribution in [3.05, 3.63) is 23.3 Å². The summed E-state index contributed by atoms with van der Waals surface area (Å²) in [7, 11) is 0. The highest BCUT2D eigenvalue weighted by molar-refractivity contribution is 5.66. The van der Waals surface area contributed by atoms with Crippen LogP contribution in [0.15, 0.2) is 23.3 Å². The summed E-state index contributed by atoms with van der Waals surface area (Å²) in [4.78, 5) is 11.5. The number of ether oxygens (including phenoxy) is 1. The van der Waals surface area contributed by atoms with E-state index in [1.54, 1.807) is 18.1 Å². The van der Waals surface area contributed by atoms with Gasteiger partial charge in [0.25, 0.3) is 0 Å². The molecule has 186 valence electrons. The Balaban J connectivity index is 1.47. The van der Waals surface area contributed by atoms with Crippen LogP contribution in [-0.4, -0.2) is 12.1 Å². The van der Waals surface area contributed by atoms with Crippen LogP contribution in [-0.2, 0) is 9.53 Å². The quantitative estimate of drug-likeness (QED) is 0.297. The van der Waals surface area contributed by atoms with Gasteiger partial charge in [0.15, 0.2) is 0 Å². The summed E-state index contributed by atoms with van der Waals surface area (Å²) in [6.45, 7) is 16.3. The van der Waals surface area contributed by atoms with Gasteiger partial charge in [0, 0.05) is 13.3 Å². The lowest BCUT2D eigenvalue weighted by Crippen LogP contribution is -2.51. The summed E-state index contributed by atoms with van der Waals surface area (Å²) in [5, 5.41) is 0. The van der Waals surface area contributed by atoms with Crippen molar-refractivity contribution in [1.82, 2.24) is 0 Å². The Morgan fingerprint density at radius 1 is 1.12 bits per heavy atom. The average molecular weight is 455 g/mol. The van der Waals surface area contributed by atoms with Gasteiger partial charge in [-0.05, 0) is 111 Å². The molecule has 0 spiro atoms. The first-order chi connectivity index (χ1) is 15.6. The van der Waals surface area contributed by atoms with Gasteiger partial charge in [0.1, 0.15) is 6.10 Å². The molecular formula is C31H50O2. The van der Waals surface area contributed by atoms with E-state index < -0.39 is 0 Å². The Hall–Kier alpha value is -1.05. The second kappa shape index (κ2) is 9.54. The third kappa shape index (κ3) is 4.50. The number of hydrogen-bond donors (Lipinski definition) is 0. The van der Waals surface area contributed by atoms with E-state index in [2.05, 4.69) is 53.7 Å². The minimum atomic E-state index is -0.118. The number of carbonyl (C=O) groups is 1. The molecule has 0 amide bonds. The molecule has 4 aliphatic rings. The number of allylic oxidation sites excluding steroid dienone is 3. The van der Waals surface area contributed by atoms with Gasteiger partial charge < -0.3 is 4.74 Å². The molecule has 2 nitrogen and oxygen atoms in total. The Bertz CT molecular complexity index is 791. The van der Waals surface area contributed by atoms with Crippen molar-refractivity contribution in [2.45, 2.75) is 119 Å². The van der Waals surface area contributed by atoms with Crippen molar-refractivity contribution in [1.29, 1.82) is 0 Å². The van der Waals surface area contributed by atoms with Crippen LogP contribution < -0.4 is 0 Å². The zero-order valence-corrected chi connectivity index (χ0v) is 22.6. The topological polar surface area (TPSA) is 26.3 Å². The molecule has 0 saturated heterocycles. The van der Waals surface area contributed by atoms with E-state index in [1.807, 2.05) is 0 Å². The van der Waals surface area contributed by atoms with Crippen molar-refractivity contribution in [2.75, 3.05) is 0 Å². The zero-order valence-electron chi connectivity index (χ0n) is 22.6. The molecule has 0 aliphatic heterocycles. The van der Waals surface area contributed by atoms with E-state index in [0.29, 0.717) is 16.7 Å². The van der Waals surface area contributed by atoms with Crippen LogP contribution >= 0.6 is 0 Å². The summed E-state index contributed by atoms with van der Waals surface area (Å²) in [5.41, 5.74) is 4.13. The molecule has 3 saturated carbocycles. The van der Waals surface area contributed by atoms with Crippen LogP contribution in [0.2, 0.25) is 0 Å². The molecule has 1 unspecified atom stereocenters. The van der Waals surface area contributed by atoms with Gasteiger partial charge >= 0.3 is 5.97 Å². The molecule has 0 heterocycles. The monoisotopic (exact) mass is 454 g/mol. The maximum atomic E-state index is 11.5. The number of esters is 1. The molecule has 0 aromatic carbocycles. The van der Waals surface area contributed by atoms with Gasteiger partial charge in [-0.2, -0.15) is 0 Å². The van der Waals surface area contributed by atoms with E-state index in [0.717, 1.165) is 42.4 Å². The standard InChI is InChI=1S/C31H50O2/c1-8-23(20(2)3)10-9-21(4)27-13-14-28-26-12-11-24-19-25(33-22(5)32)15-17-30(24,6)29(26)16-18-31(27,28)7/h8,11,20-21,25-29H,9-10,12-19H2,1-7H3/t21-,25?,26+,27-,28+,29+,30+,31-/m1/s1. The smallest absolute Gasteiger partial charge is 0.302 e. The SMILES string of the molecule is CC=C(CC[C@@H](C)[C@H]1CC[C@H]2[C@@H]3CC=C4CC(OC(C)=O)CC[C@]4(C)[C@H]3CC[C@]12C)C(C)C. The summed E-state index contributed by atoms with van der Waals surface area (Å²) in [5.74, 6) is 4.88. The van der Waals surface area contributed by atoms with Gasteiger partial charge in [-0.1, -0.05) is 57.9 Å². The van der Waals surface area contributed by atoms with E-state index in [4.69, 9.17) is 4.74 Å². The lowest BCUT2D eigenvalue weighted by atomic mass is 9.47. The molecule has 0 N–H and O–H groups in total. The average Bonchev–Trinajstić information content (AvgIpc) is 3.11. The predicted molar refractivity (Wildman–Crippen MR) is 138 cm³/mol. The minimum Gasteiger partial charge on any atom is -0.462 e. The Labute approximate surface area is 204 Å². The Morgan fingerprint density at radius 3 is 2.55 bits per heavy atom. The van der Waals surface area contributed by atoms with Gasteiger partial charge in [-0.25, -0.2) is 0 Å². The highest BCUT2D eigenvalue weighted by atomic mass is 16.5. The van der Waals surface area contributed by atoms with E-state index in [9.17, 15) is 4.79 Å². The lowest BCUT2D eigenvalue weighted by Gasteiger charge is -2.58. The third-order valence-corrected chi connectivity index (χ3v) is 11.2. The molecule has 0 aromatic rings. The number of rotatable bonds is 6. The first kappa shape index (κ1) is 25.1. The second-order valence-corrected chi connectivity index (χ2v) is 13.0. The van der Waals surface area contributed by atoms with Crippen LogP contribution in [0.5, 0.6) is 0 Å². The molecule has 2 heteroatoms. The van der Waals surface area contributed by atoms with Gasteiger partial charge in [0.05, 0.1) is 0 Å². The number of carbonyl (C=O) groups excluding carboxylic acids is 1. The molecule has 3 fully saturated rings. The maximum Gasteiger partial charge on any atom is 0.302 e. The van der Waals surface area contributed by atoms with Crippen LogP contribution in [0.1, 0.15) is 113 Å². The van der Waals surface area contributed by atoms with Crippen LogP contribution in [0.25, 0.3) is 0 Å². The Morgan fingerprint density at radius 2 is 1.88 bits per heavy atom. The molecule has 0 radical (unpaired) electrons. The summed E-state index contributed by atoms with van der Waals surface area (Å²) in [6.07, 6.45) is 17.9. The molecule has 0 bridgehead atoms. The summed E-state index contributed by atoms with van der Waals surface area (Å²) >= 11 is 0. The van der Waals surface area contributed by atoms with E-state index in [1.165, 1.54) is 51.4 Å². The summed E-state index contributed by atoms with van der Waals surface area (Å²) < 4.78 is 5.63. The highest BCUT2D eigenvalue weighted by Crippen LogP contribution is 2.67. The number of hydrogen-bond acceptors (Lipinski definition) is 2. The predicted octanol–water partition coefficient (Wildman–Crippen LogP) is 8.52. The fourth-order valence-electron chi connectivity index (χ4n) is 9.30. The van der Waals surface area contributed by atoms with Crippen molar-refractivity contribution in [3.8, 4) is 0 Å². The zero-order chi connectivity index (χ0) is 24.0. The molecule has 0 aromatic heterocycles. The lowest BCUT2D eigenvalue weighted by molar-refractivity contribution is -0.148. The fourth-order valence-corrected chi connectivity index (χ4v) is 9.30. The van der Waals surface area contributed by atoms with Crippen LogP contribution in [0.3, 0.4) is 0 Å². The van der Waals surface area contributed by atoms with Crippen LogP contribution in [0.4, 0.5) is 0 Å². The molecule has 4 aliphatic carbocycles. The minimum absolute atomic E-state index is 0.108. The maximum absolute atomic E-state index is 11.5. The second-order valence-electron chi connectivity index (χ2n) is 13.0. The number of fused-ring (bicyclic) bond motifs is 5. The van der Waals surface area contributed by atoms with E-state index in [-0.39, 0.29) is 12.1 Å². The fraction of sp³-hybridized carbons (Fsp3) is 0.839. The molecular weight excluding hydrogens is 404 g/mol. The van der Waals surface area contributed by atoms with Crippen LogP contribution in [0, 0.1) is 46.3 Å². The van der Waals surface area contributed by atoms with Crippen molar-refractivity contribution in [2.24, 2.45) is 46.3 Å². The van der Waals surface area contributed by atoms with Gasteiger partial charge in [0.2, 0.25) is 0 Å². The molecule has 8 atom stereocenters. The highest BCUT2D eigenvalue weighted by Gasteiger charge is 2.59. The van der Waals surface area contributed by atoms with Crippen molar-refractivity contribution in [3.63, 3.8) is 0 Å².